The molecule has 0 amide bonds. The number of aryl methyl sites for hydroxylation is 2. The Morgan fingerprint density at radius 1 is 1.25 bits per heavy atom. The third-order valence-corrected chi connectivity index (χ3v) is 2.05. The van der Waals surface area contributed by atoms with Gasteiger partial charge in [0.2, 0.25) is 0 Å². The first-order valence-electron chi connectivity index (χ1n) is 3.90. The highest BCUT2D eigenvalue weighted by Crippen LogP contribution is 2.18. The average Bonchev–Trinajstić information content (AvgIpc) is 1.96. The van der Waals surface area contributed by atoms with Gasteiger partial charge in [-0.25, -0.2) is 0 Å². The number of carbonyl (C=O) groups is 1. The molecule has 0 aliphatic carbocycles. The zero-order chi connectivity index (χ0) is 9.30. The molecule has 0 unspecified atom stereocenters. The third kappa shape index (κ3) is 1.47. The smallest absolute Gasteiger partial charge is 0.161 e. The van der Waals surface area contributed by atoms with Gasteiger partial charge in [-0.2, -0.15) is 0 Å². The van der Waals surface area contributed by atoms with Crippen LogP contribution >= 0.6 is 0 Å². The lowest BCUT2D eigenvalue weighted by molar-refractivity contribution is 0.101. The maximum Gasteiger partial charge on any atom is 0.161 e. The molecule has 0 aromatic heterocycles. The van der Waals surface area contributed by atoms with Crippen molar-refractivity contribution in [2.24, 2.45) is 0 Å². The highest BCUT2D eigenvalue weighted by molar-refractivity contribution is 5.99. The first kappa shape index (κ1) is 8.78. The summed E-state index contributed by atoms with van der Waals surface area (Å²) in [6.45, 7) is 5.48. The van der Waals surface area contributed by atoms with E-state index in [1.54, 1.807) is 0 Å². The van der Waals surface area contributed by atoms with Gasteiger partial charge in [0.15, 0.2) is 5.78 Å². The Morgan fingerprint density at radius 3 is 2.25 bits per heavy atom. The van der Waals surface area contributed by atoms with Crippen molar-refractivity contribution in [1.82, 2.24) is 0 Å². The van der Waals surface area contributed by atoms with E-state index in [1.807, 2.05) is 26.0 Å². The molecule has 0 spiro atoms. The number of ketones is 1. The molecule has 0 saturated heterocycles. The van der Waals surface area contributed by atoms with Crippen molar-refractivity contribution < 1.29 is 4.79 Å². The third-order valence-electron chi connectivity index (χ3n) is 2.05. The molecule has 0 bridgehead atoms. The minimum Gasteiger partial charge on any atom is -0.398 e. The van der Waals surface area contributed by atoms with Crippen LogP contribution in [0.3, 0.4) is 0 Å². The Morgan fingerprint density at radius 2 is 1.75 bits per heavy atom. The average molecular weight is 163 g/mol. The summed E-state index contributed by atoms with van der Waals surface area (Å²) in [6, 6.07) is 3.68. The SMILES string of the molecule is CC(=O)c1cc(C)c(C)cc1N. The predicted molar refractivity (Wildman–Crippen MR) is 50.3 cm³/mol. The Kier molecular flexibility index (Phi) is 2.18. The second-order valence-corrected chi connectivity index (χ2v) is 3.08. The summed E-state index contributed by atoms with van der Waals surface area (Å²) in [7, 11) is 0. The van der Waals surface area contributed by atoms with Crippen molar-refractivity contribution in [2.75, 3.05) is 5.73 Å². The van der Waals surface area contributed by atoms with E-state index in [-0.39, 0.29) is 5.78 Å². The van der Waals surface area contributed by atoms with Gasteiger partial charge in [-0.05, 0) is 44.0 Å². The summed E-state index contributed by atoms with van der Waals surface area (Å²) in [5, 5.41) is 0. The Bertz CT molecular complexity index is 329. The fraction of sp³-hybridized carbons (Fsp3) is 0.300. The van der Waals surface area contributed by atoms with Crippen LogP contribution in [0.15, 0.2) is 12.1 Å². The molecule has 64 valence electrons. The van der Waals surface area contributed by atoms with Gasteiger partial charge >= 0.3 is 0 Å². The number of nitrogen functional groups attached to an aromatic ring is 1. The molecule has 0 saturated carbocycles. The van der Waals surface area contributed by atoms with E-state index >= 15 is 0 Å². The lowest BCUT2D eigenvalue weighted by Gasteiger charge is -2.05. The number of hydrogen-bond donors (Lipinski definition) is 1. The maximum atomic E-state index is 11.0. The molecule has 1 rings (SSSR count). The molecular formula is C10H13NO. The van der Waals surface area contributed by atoms with Gasteiger partial charge < -0.3 is 5.73 Å². The topological polar surface area (TPSA) is 43.1 Å². The van der Waals surface area contributed by atoms with Crippen molar-refractivity contribution in [3.05, 3.63) is 28.8 Å². The van der Waals surface area contributed by atoms with Crippen LogP contribution in [0.2, 0.25) is 0 Å². The summed E-state index contributed by atoms with van der Waals surface area (Å²) < 4.78 is 0. The van der Waals surface area contributed by atoms with Crippen LogP contribution in [-0.2, 0) is 0 Å². The monoisotopic (exact) mass is 163 g/mol. The largest absolute Gasteiger partial charge is 0.398 e. The Balaban J connectivity index is 3.33. The number of nitrogens with two attached hydrogens (primary N) is 1. The molecule has 2 N–H and O–H groups in total. The van der Waals surface area contributed by atoms with E-state index in [4.69, 9.17) is 5.73 Å². The summed E-state index contributed by atoms with van der Waals surface area (Å²) in [6.07, 6.45) is 0. The Hall–Kier alpha value is -1.31. The zero-order valence-corrected chi connectivity index (χ0v) is 7.64. The molecule has 12 heavy (non-hydrogen) atoms. The molecule has 0 heterocycles. The fourth-order valence-electron chi connectivity index (χ4n) is 1.14. The highest BCUT2D eigenvalue weighted by atomic mass is 16.1. The van der Waals surface area contributed by atoms with Crippen LogP contribution in [-0.4, -0.2) is 5.78 Å². The molecule has 0 radical (unpaired) electrons. The van der Waals surface area contributed by atoms with Crippen LogP contribution in [0.4, 0.5) is 5.69 Å². The van der Waals surface area contributed by atoms with Crippen molar-refractivity contribution in [3.8, 4) is 0 Å². The van der Waals surface area contributed by atoms with Gasteiger partial charge in [-0.3, -0.25) is 4.79 Å². The summed E-state index contributed by atoms with van der Waals surface area (Å²) in [4.78, 5) is 11.0. The van der Waals surface area contributed by atoms with E-state index in [1.165, 1.54) is 6.92 Å². The van der Waals surface area contributed by atoms with Crippen molar-refractivity contribution in [3.63, 3.8) is 0 Å². The van der Waals surface area contributed by atoms with Gasteiger partial charge in [0.25, 0.3) is 0 Å². The number of benzene rings is 1. The first-order valence-corrected chi connectivity index (χ1v) is 3.90. The minimum atomic E-state index is 0.0237. The molecule has 0 aliphatic heterocycles. The first-order chi connectivity index (χ1) is 5.52. The van der Waals surface area contributed by atoms with Crippen LogP contribution in [0, 0.1) is 13.8 Å². The summed E-state index contributed by atoms with van der Waals surface area (Å²) in [5.74, 6) is 0.0237. The molecule has 0 aliphatic rings. The lowest BCUT2D eigenvalue weighted by Crippen LogP contribution is -2.01. The molecule has 1 aromatic carbocycles. The number of rotatable bonds is 1. The van der Waals surface area contributed by atoms with Crippen LogP contribution in [0.5, 0.6) is 0 Å². The van der Waals surface area contributed by atoms with Gasteiger partial charge in [0.1, 0.15) is 0 Å². The summed E-state index contributed by atoms with van der Waals surface area (Å²) in [5.41, 5.74) is 9.10. The fourth-order valence-corrected chi connectivity index (χ4v) is 1.14. The second kappa shape index (κ2) is 2.97. The van der Waals surface area contributed by atoms with Gasteiger partial charge in [0.05, 0.1) is 0 Å². The lowest BCUT2D eigenvalue weighted by atomic mass is 10.0. The second-order valence-electron chi connectivity index (χ2n) is 3.08. The maximum absolute atomic E-state index is 11.0. The highest BCUT2D eigenvalue weighted by Gasteiger charge is 2.05. The van der Waals surface area contributed by atoms with E-state index in [0.29, 0.717) is 11.3 Å². The molecule has 2 nitrogen and oxygen atoms in total. The number of anilines is 1. The number of Topliss-reactive ketones (excluding diaryl/α,β-unsaturated/α-hetero) is 1. The molecular weight excluding hydrogens is 150 g/mol. The van der Waals surface area contributed by atoms with Crippen LogP contribution in [0.1, 0.15) is 28.4 Å². The molecule has 2 heteroatoms. The van der Waals surface area contributed by atoms with Gasteiger partial charge in [0, 0.05) is 11.3 Å². The summed E-state index contributed by atoms with van der Waals surface area (Å²) >= 11 is 0. The van der Waals surface area contributed by atoms with Crippen LogP contribution in [0.25, 0.3) is 0 Å². The number of carbonyl (C=O) groups excluding carboxylic acids is 1. The van der Waals surface area contributed by atoms with E-state index in [2.05, 4.69) is 0 Å². The van der Waals surface area contributed by atoms with E-state index in [0.717, 1.165) is 11.1 Å². The van der Waals surface area contributed by atoms with Crippen molar-refractivity contribution in [1.29, 1.82) is 0 Å². The normalized spacial score (nSPS) is 9.92. The molecule has 1 aromatic rings. The molecule has 0 atom stereocenters. The zero-order valence-electron chi connectivity index (χ0n) is 7.64. The van der Waals surface area contributed by atoms with Gasteiger partial charge in [-0.15, -0.1) is 0 Å². The van der Waals surface area contributed by atoms with Gasteiger partial charge in [-0.1, -0.05) is 0 Å². The number of hydrogen-bond acceptors (Lipinski definition) is 2. The molecule has 0 fully saturated rings. The standard InChI is InChI=1S/C10H13NO/c1-6-4-9(8(3)12)10(11)5-7(6)2/h4-5H,11H2,1-3H3. The minimum absolute atomic E-state index is 0.0237. The van der Waals surface area contributed by atoms with Crippen molar-refractivity contribution in [2.45, 2.75) is 20.8 Å². The predicted octanol–water partition coefficient (Wildman–Crippen LogP) is 2.09. The van der Waals surface area contributed by atoms with Crippen LogP contribution < -0.4 is 5.73 Å². The van der Waals surface area contributed by atoms with E-state index < -0.39 is 0 Å². The quantitative estimate of drug-likeness (QED) is 0.509. The Labute approximate surface area is 72.4 Å². The van der Waals surface area contributed by atoms with Crippen molar-refractivity contribution >= 4 is 11.5 Å². The van der Waals surface area contributed by atoms with E-state index in [9.17, 15) is 4.79 Å².